The quantitative estimate of drug-likeness (QED) is 0.0153. The fraction of sp³-hybridized carbons (Fsp3) is 0.941. The number of phosphoric ester groups is 1. The van der Waals surface area contributed by atoms with Crippen LogP contribution in [0.5, 0.6) is 0 Å². The molecule has 2 fully saturated rings. The monoisotopic (exact) mass is 1320 g/mol. The molecule has 0 aliphatic carbocycles. The van der Waals surface area contributed by atoms with Crippen molar-refractivity contribution >= 4 is 31.6 Å². The molecular formula is C68H129N2O20P. The van der Waals surface area contributed by atoms with E-state index in [1.165, 1.54) is 77.0 Å². The van der Waals surface area contributed by atoms with Crippen LogP contribution in [0, 0.1) is 0 Å². The van der Waals surface area contributed by atoms with E-state index in [0.717, 1.165) is 128 Å². The van der Waals surface area contributed by atoms with E-state index in [1.807, 2.05) is 0 Å². The zero-order valence-corrected chi connectivity index (χ0v) is 57.5. The summed E-state index contributed by atoms with van der Waals surface area (Å²) in [4.78, 5) is 75.4. The van der Waals surface area contributed by atoms with Crippen LogP contribution < -0.4 is 10.6 Å². The van der Waals surface area contributed by atoms with Crippen molar-refractivity contribution in [2.24, 2.45) is 0 Å². The zero-order valence-electron chi connectivity index (χ0n) is 56.6. The Morgan fingerprint density at radius 2 is 0.747 bits per heavy atom. The van der Waals surface area contributed by atoms with Crippen molar-refractivity contribution in [2.45, 2.75) is 396 Å². The summed E-state index contributed by atoms with van der Waals surface area (Å²) in [6.07, 6.45) is 17.4. The number of aliphatic hydroxyl groups is 7. The number of rotatable bonds is 58. The second kappa shape index (κ2) is 52.7. The van der Waals surface area contributed by atoms with Crippen LogP contribution in [-0.2, 0) is 52.0 Å². The molecule has 2 saturated heterocycles. The van der Waals surface area contributed by atoms with Gasteiger partial charge in [-0.2, -0.15) is 0 Å². The molecule has 2 aliphatic heterocycles. The van der Waals surface area contributed by atoms with Crippen molar-refractivity contribution in [1.82, 2.24) is 10.6 Å². The Labute approximate surface area is 546 Å². The van der Waals surface area contributed by atoms with Gasteiger partial charge >= 0.3 is 19.8 Å². The normalized spacial score (nSPS) is 23.3. The summed E-state index contributed by atoms with van der Waals surface area (Å²) in [6, 6.07) is -3.36. The number of aliphatic hydroxyl groups excluding tert-OH is 7. The maximum Gasteiger partial charge on any atom is 0.470 e. The smallest absolute Gasteiger partial charge is 0.457 e. The summed E-state index contributed by atoms with van der Waals surface area (Å²) in [6.45, 7) is 6.87. The van der Waals surface area contributed by atoms with Gasteiger partial charge in [0.2, 0.25) is 11.8 Å². The molecule has 0 bridgehead atoms. The van der Waals surface area contributed by atoms with Gasteiger partial charge in [0.25, 0.3) is 0 Å². The molecule has 11 N–H and O–H groups in total. The van der Waals surface area contributed by atoms with E-state index in [-0.39, 0.29) is 19.3 Å². The van der Waals surface area contributed by atoms with Gasteiger partial charge in [0, 0.05) is 0 Å². The van der Waals surface area contributed by atoms with Crippen LogP contribution in [0.2, 0.25) is 0 Å². The molecule has 0 aromatic heterocycles. The number of carbonyl (C=O) groups excluding carboxylic acids is 4. The van der Waals surface area contributed by atoms with Crippen molar-refractivity contribution < 1.29 is 97.5 Å². The van der Waals surface area contributed by atoms with E-state index in [9.17, 15) is 69.3 Å². The Morgan fingerprint density at radius 1 is 0.429 bits per heavy atom. The van der Waals surface area contributed by atoms with E-state index in [2.05, 4.69) is 38.3 Å². The first-order valence-corrected chi connectivity index (χ1v) is 37.6. The molecule has 1 unspecified atom stereocenters. The topological polar surface area (TPSA) is 347 Å². The number of carbonyl (C=O) groups is 4. The van der Waals surface area contributed by atoms with Gasteiger partial charge in [0.05, 0.1) is 63.3 Å². The van der Waals surface area contributed by atoms with Crippen LogP contribution in [0.15, 0.2) is 0 Å². The third-order valence-corrected chi connectivity index (χ3v) is 18.1. The highest BCUT2D eigenvalue weighted by atomic mass is 31.2. The van der Waals surface area contributed by atoms with Crippen LogP contribution in [0.25, 0.3) is 0 Å². The molecule has 2 heterocycles. The van der Waals surface area contributed by atoms with Crippen LogP contribution in [0.1, 0.15) is 310 Å². The van der Waals surface area contributed by atoms with Crippen molar-refractivity contribution in [3.8, 4) is 0 Å². The van der Waals surface area contributed by atoms with Gasteiger partial charge in [-0.3, -0.25) is 23.7 Å². The molecule has 22 nitrogen and oxygen atoms in total. The van der Waals surface area contributed by atoms with E-state index < -0.39 is 150 Å². The Bertz CT molecular complexity index is 1890. The first-order valence-electron chi connectivity index (χ1n) is 36.1. The number of amides is 2. The van der Waals surface area contributed by atoms with Gasteiger partial charge in [-0.05, 0) is 25.7 Å². The van der Waals surface area contributed by atoms with Gasteiger partial charge in [0.15, 0.2) is 24.8 Å². The van der Waals surface area contributed by atoms with Crippen molar-refractivity contribution in [1.29, 1.82) is 0 Å². The molecule has 23 heteroatoms. The number of hydrogen-bond acceptors (Lipinski definition) is 18. The third-order valence-electron chi connectivity index (χ3n) is 17.6. The zero-order chi connectivity index (χ0) is 67.1. The van der Waals surface area contributed by atoms with E-state index in [1.54, 1.807) is 0 Å². The molecule has 0 aromatic rings. The number of nitrogens with one attached hydrogen (secondary N) is 2. The van der Waals surface area contributed by atoms with Gasteiger partial charge in [-0.1, -0.05) is 259 Å². The van der Waals surface area contributed by atoms with Crippen molar-refractivity contribution in [3.05, 3.63) is 0 Å². The third kappa shape index (κ3) is 40.7. The van der Waals surface area contributed by atoms with Crippen LogP contribution in [0.4, 0.5) is 0 Å². The number of unbranched alkanes of at least 4 members (excludes halogenated alkanes) is 32. The molecule has 0 saturated carbocycles. The molecule has 91 heavy (non-hydrogen) atoms. The molecule has 0 radical (unpaired) electrons. The molecule has 2 rings (SSSR count). The van der Waals surface area contributed by atoms with Crippen molar-refractivity contribution in [2.75, 3.05) is 13.2 Å². The molecule has 0 aromatic carbocycles. The first kappa shape index (κ1) is 84.7. The lowest BCUT2D eigenvalue weighted by Crippen LogP contribution is -2.68. The molecule has 536 valence electrons. The highest BCUT2D eigenvalue weighted by Gasteiger charge is 2.54. The Morgan fingerprint density at radius 3 is 1.09 bits per heavy atom. The molecule has 2 amide bonds. The molecule has 0 spiro atoms. The summed E-state index contributed by atoms with van der Waals surface area (Å²) in [5.41, 5.74) is 0. The minimum Gasteiger partial charge on any atom is -0.457 e. The maximum atomic E-state index is 14.0. The Kier molecular flexibility index (Phi) is 49.1. The van der Waals surface area contributed by atoms with Crippen LogP contribution >= 0.6 is 7.82 Å². The summed E-state index contributed by atoms with van der Waals surface area (Å²) >= 11 is 0. The van der Waals surface area contributed by atoms with Crippen LogP contribution in [0.3, 0.4) is 0 Å². The number of esters is 2. The predicted octanol–water partition coefficient (Wildman–Crippen LogP) is 10.8. The maximum absolute atomic E-state index is 14.0. The Balaban J connectivity index is 2.41. The second-order valence-corrected chi connectivity index (χ2v) is 27.4. The van der Waals surface area contributed by atoms with Gasteiger partial charge in [-0.15, -0.1) is 0 Å². The van der Waals surface area contributed by atoms with E-state index in [0.29, 0.717) is 38.5 Å². The number of hydrogen-bond donors (Lipinski definition) is 11. The van der Waals surface area contributed by atoms with E-state index >= 15 is 0 Å². The van der Waals surface area contributed by atoms with Crippen LogP contribution in [-0.4, -0.2) is 168 Å². The van der Waals surface area contributed by atoms with Gasteiger partial charge in [0.1, 0.15) is 36.5 Å². The van der Waals surface area contributed by atoms with Gasteiger partial charge in [-0.25, -0.2) is 4.57 Å². The summed E-state index contributed by atoms with van der Waals surface area (Å²) in [5.74, 6) is -3.59. The standard InChI is InChI=1S/C68H129N2O20P/c1-5-9-13-17-21-25-29-33-37-41-51(72)45-57(76)69-61-65(88-59(78)47-53(74)43-39-35-31-27-23-19-15-11-7-3)63(80)56(86-67(61)81)50-85-68-62(70-58(77)46-52(73)42-38-34-30-26-22-18-14-10-6-2)66(64(55(49-71)87-68)90-91(82,83)84)89-60(79)48-54(75)44-40-36-32-28-24-20-16-12-8-4/h51-56,61-68,71-75,80-81H,5-50H2,1-4H3,(H,69,76)(H,70,77)(H2,82,83,84)/t51-,52-,53-,54-,55-,56-,61-,62-,63-,64-,65-,66-,67?,68-/m1/s1. The SMILES string of the molecule is CCCCCCCCCCC[C@@H](O)CC(=O)N[C@H]1[C@H](OC[C@H]2OC(O)[C@H](NC(=O)C[C@H](O)CCCCCCCCCCC)[C@@H](OC(=O)C[C@H](O)CCCCCCCCCCC)[C@@H]2O)O[C@H](CO)[C@@H](OP(=O)(O)O)[C@@H]1OC(=O)C[C@H](O)CCCCCCCCCCC. The predicted molar refractivity (Wildman–Crippen MR) is 349 cm³/mol. The number of ether oxygens (including phenoxy) is 5. The molecule has 14 atom stereocenters. The minimum atomic E-state index is -5.50. The molecule has 2 aliphatic rings. The largest absolute Gasteiger partial charge is 0.470 e. The minimum absolute atomic E-state index is 0.237. The highest BCUT2D eigenvalue weighted by molar-refractivity contribution is 7.46. The molecular weight excluding hydrogens is 1200 g/mol. The Hall–Kier alpha value is -2.41. The van der Waals surface area contributed by atoms with Crippen molar-refractivity contribution in [3.63, 3.8) is 0 Å². The summed E-state index contributed by atoms with van der Waals surface area (Å²) in [7, 11) is -5.50. The lowest BCUT2D eigenvalue weighted by Gasteiger charge is -2.46. The average Bonchev–Trinajstić information content (AvgIpc) is 0.876. The lowest BCUT2D eigenvalue weighted by molar-refractivity contribution is -0.298. The fourth-order valence-electron chi connectivity index (χ4n) is 12.2. The van der Waals surface area contributed by atoms with E-state index in [4.69, 9.17) is 28.2 Å². The lowest BCUT2D eigenvalue weighted by atomic mass is 9.95. The summed E-state index contributed by atoms with van der Waals surface area (Å²) in [5, 5.41) is 83.5. The highest BCUT2D eigenvalue weighted by Crippen LogP contribution is 2.42. The fourth-order valence-corrected chi connectivity index (χ4v) is 12.8. The summed E-state index contributed by atoms with van der Waals surface area (Å²) < 4.78 is 47.4. The first-order chi connectivity index (χ1) is 43.8. The second-order valence-electron chi connectivity index (χ2n) is 26.2. The number of phosphoric acid groups is 1. The van der Waals surface area contributed by atoms with Gasteiger partial charge < -0.3 is 79.9 Å². The average molecular weight is 1330 g/mol.